The van der Waals surface area contributed by atoms with Crippen LogP contribution in [0, 0.1) is 11.3 Å². The van der Waals surface area contributed by atoms with Gasteiger partial charge in [-0.3, -0.25) is 0 Å². The van der Waals surface area contributed by atoms with Gasteiger partial charge in [-0.1, -0.05) is 20.3 Å². The highest BCUT2D eigenvalue weighted by molar-refractivity contribution is 7.07. The molecule has 0 radical (unpaired) electrons. The van der Waals surface area contributed by atoms with Crippen molar-refractivity contribution in [3.8, 4) is 0 Å². The van der Waals surface area contributed by atoms with Crippen molar-refractivity contribution in [1.29, 1.82) is 0 Å². The van der Waals surface area contributed by atoms with Gasteiger partial charge in [0.25, 0.3) is 0 Å². The van der Waals surface area contributed by atoms with Crippen LogP contribution in [-0.2, 0) is 0 Å². The lowest BCUT2D eigenvalue weighted by Crippen LogP contribution is -2.42. The first-order chi connectivity index (χ1) is 8.09. The molecule has 0 amide bonds. The molecule has 1 heterocycles. The van der Waals surface area contributed by atoms with Gasteiger partial charge in [-0.05, 0) is 18.8 Å². The molecule has 1 aromatic heterocycles. The number of nitrogens with zero attached hydrogens (tertiary/aromatic N) is 2. The number of aliphatic hydroxyl groups excluding tert-OH is 1. The summed E-state index contributed by atoms with van der Waals surface area (Å²) in [6.07, 6.45) is 2.48. The van der Waals surface area contributed by atoms with Crippen molar-refractivity contribution in [1.82, 2.24) is 4.98 Å². The largest absolute Gasteiger partial charge is 0.386 e. The number of aliphatic hydroxyl groups is 1. The zero-order valence-electron chi connectivity index (χ0n) is 10.3. The van der Waals surface area contributed by atoms with Crippen LogP contribution in [0.25, 0.3) is 0 Å². The zero-order valence-corrected chi connectivity index (χ0v) is 11.1. The molecule has 1 aliphatic rings. The molecule has 3 N–H and O–H groups in total. The Labute approximate surface area is 106 Å². The number of hydrogen-bond donors (Lipinski definition) is 2. The summed E-state index contributed by atoms with van der Waals surface area (Å²) >= 11 is 1.50. The Morgan fingerprint density at radius 1 is 1.71 bits per heavy atom. The minimum Gasteiger partial charge on any atom is -0.386 e. The van der Waals surface area contributed by atoms with Crippen molar-refractivity contribution in [2.45, 2.75) is 39.2 Å². The van der Waals surface area contributed by atoms with E-state index in [1.165, 1.54) is 11.3 Å². The van der Waals surface area contributed by atoms with Crippen molar-refractivity contribution in [2.24, 2.45) is 22.3 Å². The summed E-state index contributed by atoms with van der Waals surface area (Å²) in [6, 6.07) is 0. The van der Waals surface area contributed by atoms with Gasteiger partial charge in [-0.25, -0.2) is 4.98 Å². The van der Waals surface area contributed by atoms with E-state index in [2.05, 4.69) is 17.0 Å². The Morgan fingerprint density at radius 3 is 3.06 bits per heavy atom. The fourth-order valence-corrected chi connectivity index (χ4v) is 3.41. The van der Waals surface area contributed by atoms with Crippen LogP contribution in [0.1, 0.15) is 44.9 Å². The van der Waals surface area contributed by atoms with Crippen molar-refractivity contribution >= 4 is 17.0 Å². The van der Waals surface area contributed by atoms with Crippen LogP contribution in [0.2, 0.25) is 0 Å². The first kappa shape index (κ1) is 12.5. The number of aromatic nitrogens is 1. The molecular formula is C12H19N3OS. The third-order valence-electron chi connectivity index (χ3n) is 3.86. The van der Waals surface area contributed by atoms with E-state index in [9.17, 15) is 5.11 Å². The summed E-state index contributed by atoms with van der Waals surface area (Å²) in [7, 11) is 0. The molecule has 1 aliphatic carbocycles. The average Bonchev–Trinajstić information content (AvgIpc) is 2.81. The molecule has 0 bridgehead atoms. The summed E-state index contributed by atoms with van der Waals surface area (Å²) in [5, 5.41) is 16.4. The second-order valence-electron chi connectivity index (χ2n) is 5.04. The molecule has 1 aromatic rings. The normalized spacial score (nSPS) is 33.8. The predicted octanol–water partition coefficient (Wildman–Crippen LogP) is 2.32. The van der Waals surface area contributed by atoms with Crippen molar-refractivity contribution in [3.05, 3.63) is 16.6 Å². The molecule has 0 unspecified atom stereocenters. The zero-order chi connectivity index (χ0) is 12.5. The van der Waals surface area contributed by atoms with Gasteiger partial charge < -0.3 is 10.9 Å². The standard InChI is InChI=1S/C12H19N3OS/c1-8-4-3-5-12(2,10(8)15-13)11(16)9-6-17-7-14-9/h6-8,11,16H,3-5,13H2,1-2H3/b15-10+/t8-,11+,12-/m1/s1. The van der Waals surface area contributed by atoms with Crippen LogP contribution in [0.5, 0.6) is 0 Å². The fraction of sp³-hybridized carbons (Fsp3) is 0.667. The van der Waals surface area contributed by atoms with Gasteiger partial charge >= 0.3 is 0 Å². The molecule has 4 nitrogen and oxygen atoms in total. The first-order valence-corrected chi connectivity index (χ1v) is 6.88. The molecular weight excluding hydrogens is 234 g/mol. The molecule has 94 valence electrons. The van der Waals surface area contributed by atoms with Crippen molar-refractivity contribution in [2.75, 3.05) is 0 Å². The van der Waals surface area contributed by atoms with Crippen LogP contribution < -0.4 is 5.84 Å². The van der Waals surface area contributed by atoms with Crippen LogP contribution in [0.4, 0.5) is 0 Å². The van der Waals surface area contributed by atoms with Crippen LogP contribution >= 0.6 is 11.3 Å². The molecule has 0 aromatic carbocycles. The van der Waals surface area contributed by atoms with E-state index in [0.29, 0.717) is 5.92 Å². The van der Waals surface area contributed by atoms with E-state index >= 15 is 0 Å². The summed E-state index contributed by atoms with van der Waals surface area (Å²) in [5.41, 5.74) is 3.02. The number of rotatable bonds is 2. The van der Waals surface area contributed by atoms with E-state index < -0.39 is 6.10 Å². The minimum atomic E-state index is -0.612. The second kappa shape index (κ2) is 4.74. The van der Waals surface area contributed by atoms with E-state index in [-0.39, 0.29) is 5.41 Å². The average molecular weight is 253 g/mol. The minimum absolute atomic E-state index is 0.340. The number of thiazole rings is 1. The SMILES string of the molecule is C[C@@H]1CCC[C@@](C)([C@@H](O)c2cscn2)/C1=N/N. The van der Waals surface area contributed by atoms with Crippen molar-refractivity contribution < 1.29 is 5.11 Å². The Balaban J connectivity index is 2.33. The lowest BCUT2D eigenvalue weighted by Gasteiger charge is -2.41. The van der Waals surface area contributed by atoms with Crippen LogP contribution in [0.3, 0.4) is 0 Å². The molecule has 5 heteroatoms. The number of hydrogen-bond acceptors (Lipinski definition) is 5. The highest BCUT2D eigenvalue weighted by atomic mass is 32.1. The van der Waals surface area contributed by atoms with Gasteiger partial charge in [0.15, 0.2) is 0 Å². The summed E-state index contributed by atoms with van der Waals surface area (Å²) in [6.45, 7) is 4.16. The molecule has 17 heavy (non-hydrogen) atoms. The molecule has 2 rings (SSSR count). The topological polar surface area (TPSA) is 71.5 Å². The first-order valence-electron chi connectivity index (χ1n) is 5.94. The molecule has 1 fully saturated rings. The van der Waals surface area contributed by atoms with Gasteiger partial charge in [0.2, 0.25) is 0 Å². The summed E-state index contributed by atoms with van der Waals surface area (Å²) in [5.74, 6) is 5.86. The Hall–Kier alpha value is -0.940. The molecule has 0 aliphatic heterocycles. The molecule has 1 saturated carbocycles. The van der Waals surface area contributed by atoms with Gasteiger partial charge in [-0.15, -0.1) is 11.3 Å². The smallest absolute Gasteiger partial charge is 0.107 e. The predicted molar refractivity (Wildman–Crippen MR) is 69.8 cm³/mol. The second-order valence-corrected chi connectivity index (χ2v) is 5.76. The Bertz CT molecular complexity index is 404. The summed E-state index contributed by atoms with van der Waals surface area (Å²) < 4.78 is 0. The van der Waals surface area contributed by atoms with Crippen molar-refractivity contribution in [3.63, 3.8) is 0 Å². The third-order valence-corrected chi connectivity index (χ3v) is 4.46. The lowest BCUT2D eigenvalue weighted by molar-refractivity contribution is 0.0617. The highest BCUT2D eigenvalue weighted by Crippen LogP contribution is 2.45. The lowest BCUT2D eigenvalue weighted by atomic mass is 9.66. The van der Waals surface area contributed by atoms with E-state index in [1.54, 1.807) is 5.51 Å². The highest BCUT2D eigenvalue weighted by Gasteiger charge is 2.44. The van der Waals surface area contributed by atoms with E-state index in [4.69, 9.17) is 5.84 Å². The monoisotopic (exact) mass is 253 g/mol. The maximum absolute atomic E-state index is 10.5. The van der Waals surface area contributed by atoms with Gasteiger partial charge in [0.1, 0.15) is 6.10 Å². The van der Waals surface area contributed by atoms with Crippen LogP contribution in [-0.4, -0.2) is 15.8 Å². The van der Waals surface area contributed by atoms with Gasteiger partial charge in [0, 0.05) is 16.5 Å². The number of hydrazone groups is 1. The molecule has 3 atom stereocenters. The Kier molecular flexibility index (Phi) is 3.49. The molecule has 0 saturated heterocycles. The van der Waals surface area contributed by atoms with Gasteiger partial charge in [0.05, 0.1) is 11.2 Å². The third kappa shape index (κ3) is 2.09. The van der Waals surface area contributed by atoms with E-state index in [1.807, 2.05) is 12.3 Å². The number of nitrogens with two attached hydrogens (primary N) is 1. The summed E-state index contributed by atoms with van der Waals surface area (Å²) in [4.78, 5) is 4.20. The van der Waals surface area contributed by atoms with Crippen LogP contribution in [0.15, 0.2) is 16.0 Å². The Morgan fingerprint density at radius 2 is 2.47 bits per heavy atom. The quantitative estimate of drug-likeness (QED) is 0.627. The fourth-order valence-electron chi connectivity index (χ4n) is 2.84. The maximum atomic E-state index is 10.5. The maximum Gasteiger partial charge on any atom is 0.107 e. The van der Waals surface area contributed by atoms with E-state index in [0.717, 1.165) is 30.7 Å². The van der Waals surface area contributed by atoms with Gasteiger partial charge in [-0.2, -0.15) is 5.10 Å². The molecule has 0 spiro atoms.